The first kappa shape index (κ1) is 24.6. The van der Waals surface area contributed by atoms with Crippen LogP contribution >= 0.6 is 0 Å². The first-order chi connectivity index (χ1) is 16.3. The van der Waals surface area contributed by atoms with Crippen molar-refractivity contribution >= 4 is 27.3 Å². The minimum absolute atomic E-state index is 0.0698. The molecule has 0 spiro atoms. The van der Waals surface area contributed by atoms with Crippen molar-refractivity contribution in [2.75, 3.05) is 56.0 Å². The maximum absolute atomic E-state index is 14.2. The molecule has 2 aromatic carbocycles. The lowest BCUT2D eigenvalue weighted by Gasteiger charge is -2.36. The molecule has 34 heavy (non-hydrogen) atoms. The van der Waals surface area contributed by atoms with Crippen molar-refractivity contribution < 1.29 is 22.0 Å². The highest BCUT2D eigenvalue weighted by Crippen LogP contribution is 2.32. The third-order valence-corrected chi connectivity index (χ3v) is 8.40. The van der Waals surface area contributed by atoms with Crippen molar-refractivity contribution in [2.24, 2.45) is 0 Å². The van der Waals surface area contributed by atoms with Crippen molar-refractivity contribution in [2.45, 2.75) is 31.1 Å². The zero-order valence-electron chi connectivity index (χ0n) is 19.3. The highest BCUT2D eigenvalue weighted by molar-refractivity contribution is 7.89. The second kappa shape index (κ2) is 10.4. The molecule has 0 saturated carbocycles. The van der Waals surface area contributed by atoms with Gasteiger partial charge in [0.25, 0.3) is 5.91 Å². The number of piperazine rings is 1. The molecule has 0 aromatic heterocycles. The average Bonchev–Trinajstić information content (AvgIpc) is 2.86. The number of halogens is 2. The summed E-state index contributed by atoms with van der Waals surface area (Å²) in [6.45, 7) is 7.00. The van der Waals surface area contributed by atoms with Crippen LogP contribution in [0.15, 0.2) is 41.3 Å². The van der Waals surface area contributed by atoms with Crippen LogP contribution in [0.4, 0.5) is 20.2 Å². The molecule has 2 aliphatic heterocycles. The van der Waals surface area contributed by atoms with Crippen molar-refractivity contribution in [3.63, 3.8) is 0 Å². The van der Waals surface area contributed by atoms with Crippen molar-refractivity contribution in [1.29, 1.82) is 0 Å². The van der Waals surface area contributed by atoms with Gasteiger partial charge in [-0.2, -0.15) is 4.31 Å². The quantitative estimate of drug-likeness (QED) is 0.668. The standard InChI is InChI=1S/C24H30F2N4O3S/c1-2-28-12-14-29(15-13-28)23-9-7-19(34(32,33)30-10-4-3-5-11-30)17-22(23)27-24(31)20-16-18(25)6-8-21(20)26/h6-9,16-17H,2-5,10-15H2,1H3,(H,27,31). The van der Waals surface area contributed by atoms with Gasteiger partial charge in [0.15, 0.2) is 0 Å². The molecule has 10 heteroatoms. The van der Waals surface area contributed by atoms with Gasteiger partial charge in [-0.15, -0.1) is 0 Å². The molecule has 1 amide bonds. The number of carbonyl (C=O) groups is 1. The molecule has 2 saturated heterocycles. The van der Waals surface area contributed by atoms with E-state index in [0.717, 1.165) is 57.1 Å². The summed E-state index contributed by atoms with van der Waals surface area (Å²) in [6, 6.07) is 7.35. The lowest BCUT2D eigenvalue weighted by molar-refractivity contribution is 0.102. The number of nitrogens with one attached hydrogen (secondary N) is 1. The fourth-order valence-electron chi connectivity index (χ4n) is 4.47. The third kappa shape index (κ3) is 5.24. The number of nitrogens with zero attached hydrogens (tertiary/aromatic N) is 3. The largest absolute Gasteiger partial charge is 0.367 e. The number of hydrogen-bond donors (Lipinski definition) is 1. The van der Waals surface area contributed by atoms with E-state index in [-0.39, 0.29) is 10.6 Å². The molecule has 7 nitrogen and oxygen atoms in total. The molecule has 0 bridgehead atoms. The van der Waals surface area contributed by atoms with Gasteiger partial charge in [-0.25, -0.2) is 17.2 Å². The zero-order chi connectivity index (χ0) is 24.3. The number of sulfonamides is 1. The van der Waals surface area contributed by atoms with E-state index in [1.807, 2.05) is 0 Å². The number of piperidine rings is 1. The predicted molar refractivity (Wildman–Crippen MR) is 128 cm³/mol. The van der Waals surface area contributed by atoms with Crippen LogP contribution in [0.5, 0.6) is 0 Å². The van der Waals surface area contributed by atoms with Crippen LogP contribution in [0, 0.1) is 11.6 Å². The van der Waals surface area contributed by atoms with Gasteiger partial charge in [-0.1, -0.05) is 13.3 Å². The van der Waals surface area contributed by atoms with E-state index in [9.17, 15) is 22.0 Å². The van der Waals surface area contributed by atoms with Crippen LogP contribution in [0.3, 0.4) is 0 Å². The number of anilines is 2. The Hall–Kier alpha value is -2.56. The number of likely N-dealkylation sites (N-methyl/N-ethyl adjacent to an activating group) is 1. The van der Waals surface area contributed by atoms with Gasteiger partial charge in [0.05, 0.1) is 21.8 Å². The van der Waals surface area contributed by atoms with Crippen LogP contribution < -0.4 is 10.2 Å². The van der Waals surface area contributed by atoms with Crippen LogP contribution in [-0.4, -0.2) is 69.3 Å². The van der Waals surface area contributed by atoms with Crippen LogP contribution in [0.25, 0.3) is 0 Å². The van der Waals surface area contributed by atoms with Crippen LogP contribution in [0.2, 0.25) is 0 Å². The number of rotatable bonds is 6. The molecule has 2 aliphatic rings. The second-order valence-electron chi connectivity index (χ2n) is 8.64. The number of amides is 1. The molecule has 0 radical (unpaired) electrons. The van der Waals surface area contributed by atoms with Gasteiger partial charge in [-0.05, 0) is 55.8 Å². The number of benzene rings is 2. The molecule has 0 unspecified atom stereocenters. The maximum atomic E-state index is 14.2. The monoisotopic (exact) mass is 492 g/mol. The second-order valence-corrected chi connectivity index (χ2v) is 10.6. The Kier molecular flexibility index (Phi) is 7.49. The minimum Gasteiger partial charge on any atom is -0.367 e. The van der Waals surface area contributed by atoms with E-state index in [0.29, 0.717) is 31.9 Å². The molecule has 2 aromatic rings. The van der Waals surface area contributed by atoms with Gasteiger partial charge in [0.2, 0.25) is 10.0 Å². The van der Waals surface area contributed by atoms with E-state index in [4.69, 9.17) is 0 Å². The summed E-state index contributed by atoms with van der Waals surface area (Å²) < 4.78 is 55.8. The lowest BCUT2D eigenvalue weighted by Crippen LogP contribution is -2.46. The third-order valence-electron chi connectivity index (χ3n) is 6.50. The molecule has 0 aliphatic carbocycles. The first-order valence-electron chi connectivity index (χ1n) is 11.7. The van der Waals surface area contributed by atoms with Crippen LogP contribution in [-0.2, 0) is 10.0 Å². The van der Waals surface area contributed by atoms with E-state index >= 15 is 0 Å². The first-order valence-corrected chi connectivity index (χ1v) is 13.1. The average molecular weight is 493 g/mol. The summed E-state index contributed by atoms with van der Waals surface area (Å²) in [5.41, 5.74) is 0.473. The fraction of sp³-hybridized carbons (Fsp3) is 0.458. The van der Waals surface area contributed by atoms with E-state index in [1.165, 1.54) is 10.4 Å². The van der Waals surface area contributed by atoms with Crippen molar-refractivity contribution in [3.05, 3.63) is 53.6 Å². The Morgan fingerprint density at radius 1 is 0.941 bits per heavy atom. The SMILES string of the molecule is CCN1CCN(c2ccc(S(=O)(=O)N3CCCCC3)cc2NC(=O)c2cc(F)ccc2F)CC1. The summed E-state index contributed by atoms with van der Waals surface area (Å²) in [4.78, 5) is 17.3. The Balaban J connectivity index is 1.69. The van der Waals surface area contributed by atoms with Crippen molar-refractivity contribution in [3.8, 4) is 0 Å². The van der Waals surface area contributed by atoms with Crippen LogP contribution in [0.1, 0.15) is 36.5 Å². The maximum Gasteiger partial charge on any atom is 0.258 e. The number of carbonyl (C=O) groups excluding carboxylic acids is 1. The Bertz CT molecular complexity index is 1140. The highest BCUT2D eigenvalue weighted by Gasteiger charge is 2.28. The van der Waals surface area contributed by atoms with Gasteiger partial charge in [0.1, 0.15) is 11.6 Å². The van der Waals surface area contributed by atoms with Gasteiger partial charge < -0.3 is 15.1 Å². The molecule has 2 heterocycles. The molecule has 0 atom stereocenters. The summed E-state index contributed by atoms with van der Waals surface area (Å²) in [6.07, 6.45) is 2.61. The summed E-state index contributed by atoms with van der Waals surface area (Å²) in [7, 11) is -3.74. The van der Waals surface area contributed by atoms with E-state index < -0.39 is 33.1 Å². The van der Waals surface area contributed by atoms with Gasteiger partial charge in [-0.3, -0.25) is 4.79 Å². The van der Waals surface area contributed by atoms with E-state index in [1.54, 1.807) is 12.1 Å². The molecular weight excluding hydrogens is 462 g/mol. The molecule has 1 N–H and O–H groups in total. The summed E-state index contributed by atoms with van der Waals surface area (Å²) in [5, 5.41) is 2.65. The normalized spacial score (nSPS) is 18.1. The molecule has 2 fully saturated rings. The molecular formula is C24H30F2N4O3S. The zero-order valence-corrected chi connectivity index (χ0v) is 20.1. The van der Waals surface area contributed by atoms with Crippen molar-refractivity contribution in [1.82, 2.24) is 9.21 Å². The van der Waals surface area contributed by atoms with E-state index in [2.05, 4.69) is 22.0 Å². The Morgan fingerprint density at radius 3 is 2.32 bits per heavy atom. The topological polar surface area (TPSA) is 73.0 Å². The van der Waals surface area contributed by atoms with Gasteiger partial charge >= 0.3 is 0 Å². The summed E-state index contributed by atoms with van der Waals surface area (Å²) >= 11 is 0. The van der Waals surface area contributed by atoms with Gasteiger partial charge in [0, 0.05) is 39.3 Å². The lowest BCUT2D eigenvalue weighted by atomic mass is 10.1. The number of hydrogen-bond acceptors (Lipinski definition) is 5. The smallest absolute Gasteiger partial charge is 0.258 e. The Labute approximate surface area is 199 Å². The Morgan fingerprint density at radius 2 is 1.65 bits per heavy atom. The predicted octanol–water partition coefficient (Wildman–Crippen LogP) is 3.53. The molecule has 184 valence electrons. The highest BCUT2D eigenvalue weighted by atomic mass is 32.2. The minimum atomic E-state index is -3.74. The molecule has 4 rings (SSSR count). The summed E-state index contributed by atoms with van der Waals surface area (Å²) in [5.74, 6) is -2.42. The fourth-order valence-corrected chi connectivity index (χ4v) is 6.02.